The van der Waals surface area contributed by atoms with Crippen molar-refractivity contribution in [1.29, 1.82) is 0 Å². The highest BCUT2D eigenvalue weighted by Gasteiger charge is 2.37. The maximum Gasteiger partial charge on any atom is 0.247 e. The van der Waals surface area contributed by atoms with Crippen LogP contribution in [0.1, 0.15) is 25.3 Å². The van der Waals surface area contributed by atoms with Gasteiger partial charge in [-0.3, -0.25) is 14.5 Å². The summed E-state index contributed by atoms with van der Waals surface area (Å²) in [5.74, 6) is 0.518. The number of aryl methyl sites for hydroxylation is 1. The number of carbonyl (C=O) groups excluding carboxylic acids is 2. The van der Waals surface area contributed by atoms with Gasteiger partial charge in [0.15, 0.2) is 0 Å². The molecule has 5 nitrogen and oxygen atoms in total. The molecule has 1 aliphatic rings. The van der Waals surface area contributed by atoms with Crippen molar-refractivity contribution in [3.63, 3.8) is 0 Å². The molecule has 2 aromatic carbocycles. The number of hydrogen-bond acceptors (Lipinski definition) is 3. The number of rotatable bonds is 5. The number of benzene rings is 2. The highest BCUT2D eigenvalue weighted by Crippen LogP contribution is 2.29. The van der Waals surface area contributed by atoms with Gasteiger partial charge in [0, 0.05) is 17.8 Å². The number of methoxy groups -OCH3 is 1. The zero-order valence-corrected chi connectivity index (χ0v) is 14.5. The molecule has 0 aliphatic carbocycles. The summed E-state index contributed by atoms with van der Waals surface area (Å²) in [5.41, 5.74) is 2.68. The van der Waals surface area contributed by atoms with E-state index in [-0.39, 0.29) is 11.8 Å². The summed E-state index contributed by atoms with van der Waals surface area (Å²) < 4.78 is 5.15. The summed E-state index contributed by atoms with van der Waals surface area (Å²) >= 11 is 0. The van der Waals surface area contributed by atoms with Crippen LogP contribution >= 0.6 is 0 Å². The fraction of sp³-hybridized carbons (Fsp3) is 0.300. The Morgan fingerprint density at radius 2 is 1.84 bits per heavy atom. The van der Waals surface area contributed by atoms with Crippen molar-refractivity contribution in [1.82, 2.24) is 0 Å². The monoisotopic (exact) mass is 338 g/mol. The molecule has 3 rings (SSSR count). The highest BCUT2D eigenvalue weighted by molar-refractivity contribution is 6.07. The lowest BCUT2D eigenvalue weighted by atomic mass is 10.1. The predicted molar refractivity (Wildman–Crippen MR) is 98.0 cm³/mol. The smallest absolute Gasteiger partial charge is 0.247 e. The molecule has 1 atom stereocenters. The Labute approximate surface area is 147 Å². The molecule has 1 unspecified atom stereocenters. The van der Waals surface area contributed by atoms with Crippen LogP contribution in [0.15, 0.2) is 48.5 Å². The van der Waals surface area contributed by atoms with Crippen LogP contribution in [0.25, 0.3) is 0 Å². The van der Waals surface area contributed by atoms with Crippen LogP contribution < -0.4 is 15.0 Å². The van der Waals surface area contributed by atoms with Crippen molar-refractivity contribution in [2.75, 3.05) is 17.3 Å². The van der Waals surface area contributed by atoms with Crippen LogP contribution in [0.4, 0.5) is 11.4 Å². The first-order chi connectivity index (χ1) is 12.1. The largest absolute Gasteiger partial charge is 0.497 e. The Morgan fingerprint density at radius 1 is 1.16 bits per heavy atom. The lowest BCUT2D eigenvalue weighted by Crippen LogP contribution is -2.41. The first-order valence-electron chi connectivity index (χ1n) is 8.48. The standard InChI is InChI=1S/C20H22N2O3/c1-3-14-4-6-15(7-5-14)21-20(24)18-12-13-19(23)22(18)16-8-10-17(25-2)11-9-16/h4-11,18H,3,12-13H2,1-2H3,(H,21,24). The van der Waals surface area contributed by atoms with E-state index in [9.17, 15) is 9.59 Å². The third-order valence-electron chi connectivity index (χ3n) is 4.49. The highest BCUT2D eigenvalue weighted by atomic mass is 16.5. The van der Waals surface area contributed by atoms with Gasteiger partial charge in [0.1, 0.15) is 11.8 Å². The van der Waals surface area contributed by atoms with Gasteiger partial charge in [-0.05, 0) is 54.8 Å². The van der Waals surface area contributed by atoms with Crippen molar-refractivity contribution in [2.24, 2.45) is 0 Å². The summed E-state index contributed by atoms with van der Waals surface area (Å²) in [4.78, 5) is 26.6. The SMILES string of the molecule is CCc1ccc(NC(=O)C2CCC(=O)N2c2ccc(OC)cc2)cc1. The Balaban J connectivity index is 1.76. The average Bonchev–Trinajstić information content (AvgIpc) is 3.04. The second kappa shape index (κ2) is 7.38. The average molecular weight is 338 g/mol. The molecule has 1 aliphatic heterocycles. The van der Waals surface area contributed by atoms with E-state index in [1.165, 1.54) is 5.56 Å². The molecular formula is C20H22N2O3. The lowest BCUT2D eigenvalue weighted by Gasteiger charge is -2.24. The quantitative estimate of drug-likeness (QED) is 0.909. The number of carbonyl (C=O) groups is 2. The Hall–Kier alpha value is -2.82. The van der Waals surface area contributed by atoms with Crippen molar-refractivity contribution in [3.05, 3.63) is 54.1 Å². The van der Waals surface area contributed by atoms with Gasteiger partial charge in [0.25, 0.3) is 0 Å². The first kappa shape index (κ1) is 17.0. The van der Waals surface area contributed by atoms with E-state index in [0.717, 1.165) is 12.1 Å². The van der Waals surface area contributed by atoms with Crippen LogP contribution in [-0.2, 0) is 16.0 Å². The van der Waals surface area contributed by atoms with Gasteiger partial charge in [-0.15, -0.1) is 0 Å². The molecule has 1 N–H and O–H groups in total. The molecule has 1 heterocycles. The number of anilines is 2. The number of ether oxygens (including phenoxy) is 1. The molecule has 2 amide bonds. The molecule has 5 heteroatoms. The second-order valence-electron chi connectivity index (χ2n) is 6.06. The second-order valence-corrected chi connectivity index (χ2v) is 6.06. The number of nitrogens with zero attached hydrogens (tertiary/aromatic N) is 1. The number of nitrogens with one attached hydrogen (secondary N) is 1. The Morgan fingerprint density at radius 3 is 2.44 bits per heavy atom. The van der Waals surface area contributed by atoms with E-state index in [2.05, 4.69) is 12.2 Å². The lowest BCUT2D eigenvalue weighted by molar-refractivity contribution is -0.120. The third kappa shape index (κ3) is 3.65. The van der Waals surface area contributed by atoms with Gasteiger partial charge >= 0.3 is 0 Å². The van der Waals surface area contributed by atoms with Crippen LogP contribution in [0.2, 0.25) is 0 Å². The molecule has 1 saturated heterocycles. The molecule has 0 bridgehead atoms. The van der Waals surface area contributed by atoms with Crippen LogP contribution in [0.5, 0.6) is 5.75 Å². The van der Waals surface area contributed by atoms with Crippen molar-refractivity contribution in [3.8, 4) is 5.75 Å². The van der Waals surface area contributed by atoms with E-state index in [1.54, 1.807) is 36.3 Å². The van der Waals surface area contributed by atoms with Crippen molar-refractivity contribution < 1.29 is 14.3 Å². The zero-order valence-electron chi connectivity index (χ0n) is 14.5. The van der Waals surface area contributed by atoms with Gasteiger partial charge in [0.05, 0.1) is 7.11 Å². The molecule has 130 valence electrons. The summed E-state index contributed by atoms with van der Waals surface area (Å²) in [6.07, 6.45) is 1.85. The van der Waals surface area contributed by atoms with E-state index in [0.29, 0.717) is 24.3 Å². The van der Waals surface area contributed by atoms with E-state index in [1.807, 2.05) is 24.3 Å². The molecule has 0 saturated carbocycles. The van der Waals surface area contributed by atoms with Gasteiger partial charge in [-0.1, -0.05) is 19.1 Å². The minimum absolute atomic E-state index is 0.0355. The predicted octanol–water partition coefficient (Wildman–Crippen LogP) is 3.39. The fourth-order valence-electron chi connectivity index (χ4n) is 3.05. The van der Waals surface area contributed by atoms with E-state index in [4.69, 9.17) is 4.74 Å². The molecule has 0 aromatic heterocycles. The first-order valence-corrected chi connectivity index (χ1v) is 8.48. The van der Waals surface area contributed by atoms with Gasteiger partial charge in [0.2, 0.25) is 11.8 Å². The maximum absolute atomic E-state index is 12.7. The van der Waals surface area contributed by atoms with E-state index >= 15 is 0 Å². The Bertz CT molecular complexity index is 754. The van der Waals surface area contributed by atoms with Crippen LogP contribution in [0, 0.1) is 0 Å². The zero-order chi connectivity index (χ0) is 17.8. The topological polar surface area (TPSA) is 58.6 Å². The summed E-state index contributed by atoms with van der Waals surface area (Å²) in [7, 11) is 1.59. The summed E-state index contributed by atoms with van der Waals surface area (Å²) in [6, 6.07) is 14.5. The third-order valence-corrected chi connectivity index (χ3v) is 4.49. The molecule has 0 spiro atoms. The summed E-state index contributed by atoms with van der Waals surface area (Å²) in [5, 5.41) is 2.92. The number of amides is 2. The molecular weight excluding hydrogens is 316 g/mol. The minimum Gasteiger partial charge on any atom is -0.497 e. The minimum atomic E-state index is -0.494. The van der Waals surface area contributed by atoms with Crippen LogP contribution in [0.3, 0.4) is 0 Å². The van der Waals surface area contributed by atoms with Crippen LogP contribution in [-0.4, -0.2) is 25.0 Å². The van der Waals surface area contributed by atoms with Crippen molar-refractivity contribution >= 4 is 23.2 Å². The molecule has 25 heavy (non-hydrogen) atoms. The molecule has 0 radical (unpaired) electrons. The van der Waals surface area contributed by atoms with Gasteiger partial charge in [-0.25, -0.2) is 0 Å². The van der Waals surface area contributed by atoms with Gasteiger partial charge in [-0.2, -0.15) is 0 Å². The maximum atomic E-state index is 12.7. The Kier molecular flexibility index (Phi) is 5.03. The molecule has 2 aromatic rings. The fourth-order valence-corrected chi connectivity index (χ4v) is 3.05. The van der Waals surface area contributed by atoms with Crippen molar-refractivity contribution in [2.45, 2.75) is 32.2 Å². The normalized spacial score (nSPS) is 16.8. The van der Waals surface area contributed by atoms with Gasteiger partial charge < -0.3 is 10.1 Å². The summed E-state index contributed by atoms with van der Waals surface area (Å²) in [6.45, 7) is 2.09. The molecule has 1 fully saturated rings. The number of hydrogen-bond donors (Lipinski definition) is 1. The van der Waals surface area contributed by atoms with E-state index < -0.39 is 6.04 Å².